The molecule has 4 nitrogen and oxygen atoms in total. The van der Waals surface area contributed by atoms with Crippen LogP contribution < -0.4 is 0 Å². The highest BCUT2D eigenvalue weighted by Gasteiger charge is 2.39. The molecule has 0 atom stereocenters. The average Bonchev–Trinajstić information content (AvgIpc) is 2.43. The van der Waals surface area contributed by atoms with Gasteiger partial charge in [-0.1, -0.05) is 37.3 Å². The predicted molar refractivity (Wildman–Crippen MR) is 72.1 cm³/mol. The van der Waals surface area contributed by atoms with Crippen molar-refractivity contribution in [3.63, 3.8) is 0 Å². The van der Waals surface area contributed by atoms with Crippen LogP contribution in [0.3, 0.4) is 0 Å². The number of rotatable bonds is 9. The molecule has 0 saturated carbocycles. The van der Waals surface area contributed by atoms with Gasteiger partial charge < -0.3 is 18.0 Å². The van der Waals surface area contributed by atoms with Gasteiger partial charge in [-0.05, 0) is 12.0 Å². The van der Waals surface area contributed by atoms with Gasteiger partial charge in [-0.2, -0.15) is 0 Å². The molecule has 0 spiro atoms. The molecule has 0 radical (unpaired) electrons. The van der Waals surface area contributed by atoms with Crippen molar-refractivity contribution >= 4 is 8.80 Å². The molecule has 18 heavy (non-hydrogen) atoms. The van der Waals surface area contributed by atoms with Crippen molar-refractivity contribution in [3.8, 4) is 0 Å². The molecule has 0 aliphatic heterocycles. The lowest BCUT2D eigenvalue weighted by molar-refractivity contribution is -0.0330. The Labute approximate surface area is 110 Å². The molecule has 1 aromatic carbocycles. The largest absolute Gasteiger partial charge is 0.506 e. The van der Waals surface area contributed by atoms with Crippen LogP contribution >= 0.6 is 0 Å². The highest BCUT2D eigenvalue weighted by molar-refractivity contribution is 6.60. The van der Waals surface area contributed by atoms with Crippen LogP contribution in [-0.2, 0) is 24.1 Å². The van der Waals surface area contributed by atoms with Crippen LogP contribution in [0.4, 0.5) is 0 Å². The van der Waals surface area contributed by atoms with Crippen LogP contribution in [0.2, 0.25) is 0 Å². The molecule has 0 aromatic heterocycles. The van der Waals surface area contributed by atoms with E-state index in [-0.39, 0.29) is 6.79 Å². The van der Waals surface area contributed by atoms with E-state index in [0.717, 1.165) is 12.0 Å². The third kappa shape index (κ3) is 4.87. The molecule has 0 amide bonds. The molecule has 0 saturated heterocycles. The van der Waals surface area contributed by atoms with Crippen LogP contribution in [0.1, 0.15) is 18.9 Å². The summed E-state index contributed by atoms with van der Waals surface area (Å²) in [5.41, 5.74) is 1.14. The standard InChI is InChI=1S/C13H22O4Si/c1-4-10-16-12-17-18(14-2,15-3)11-13-8-6-5-7-9-13/h5-9H,4,10-12H2,1-3H3. The van der Waals surface area contributed by atoms with E-state index in [9.17, 15) is 0 Å². The summed E-state index contributed by atoms with van der Waals surface area (Å²) < 4.78 is 22.0. The normalized spacial score (nSPS) is 11.7. The summed E-state index contributed by atoms with van der Waals surface area (Å²) in [4.78, 5) is 0. The summed E-state index contributed by atoms with van der Waals surface area (Å²) >= 11 is 0. The lowest BCUT2D eigenvalue weighted by Gasteiger charge is -2.26. The van der Waals surface area contributed by atoms with E-state index >= 15 is 0 Å². The first kappa shape index (κ1) is 15.3. The second kappa shape index (κ2) is 8.39. The van der Waals surface area contributed by atoms with E-state index < -0.39 is 8.80 Å². The summed E-state index contributed by atoms with van der Waals surface area (Å²) in [6, 6.07) is 10.7. The zero-order valence-corrected chi connectivity index (χ0v) is 12.3. The number of hydrogen-bond acceptors (Lipinski definition) is 4. The first-order valence-corrected chi connectivity index (χ1v) is 8.05. The summed E-state index contributed by atoms with van der Waals surface area (Å²) in [6.07, 6.45) is 0.969. The van der Waals surface area contributed by atoms with Crippen molar-refractivity contribution in [3.05, 3.63) is 35.9 Å². The third-order valence-corrected chi connectivity index (χ3v) is 5.24. The number of benzene rings is 1. The third-order valence-electron chi connectivity index (χ3n) is 2.60. The van der Waals surface area contributed by atoms with Gasteiger partial charge in [-0.3, -0.25) is 0 Å². The molecular weight excluding hydrogens is 248 g/mol. The van der Waals surface area contributed by atoms with E-state index in [0.29, 0.717) is 12.7 Å². The second-order valence-electron chi connectivity index (χ2n) is 3.92. The lowest BCUT2D eigenvalue weighted by Crippen LogP contribution is -2.47. The Bertz CT molecular complexity index is 314. The van der Waals surface area contributed by atoms with Gasteiger partial charge in [0, 0.05) is 26.9 Å². The number of hydrogen-bond donors (Lipinski definition) is 0. The average molecular weight is 270 g/mol. The Balaban J connectivity index is 2.56. The SMILES string of the molecule is CCCOCO[Si](Cc1ccccc1)(OC)OC. The molecule has 0 aliphatic carbocycles. The van der Waals surface area contributed by atoms with Crippen molar-refractivity contribution in [2.75, 3.05) is 27.6 Å². The van der Waals surface area contributed by atoms with Gasteiger partial charge in [-0.15, -0.1) is 0 Å². The number of ether oxygens (including phenoxy) is 1. The minimum absolute atomic E-state index is 0.217. The maximum atomic E-state index is 5.71. The second-order valence-corrected chi connectivity index (χ2v) is 6.75. The summed E-state index contributed by atoms with van der Waals surface area (Å²) in [5, 5.41) is 0. The van der Waals surface area contributed by atoms with Crippen molar-refractivity contribution in [1.82, 2.24) is 0 Å². The summed E-state index contributed by atoms with van der Waals surface area (Å²) in [6.45, 7) is 2.96. The monoisotopic (exact) mass is 270 g/mol. The molecule has 102 valence electrons. The molecule has 0 N–H and O–H groups in total. The fraction of sp³-hybridized carbons (Fsp3) is 0.538. The van der Waals surface area contributed by atoms with Crippen molar-refractivity contribution in [2.45, 2.75) is 19.4 Å². The Morgan fingerprint density at radius 1 is 1.06 bits per heavy atom. The van der Waals surface area contributed by atoms with Gasteiger partial charge in [0.2, 0.25) is 0 Å². The minimum atomic E-state index is -2.66. The summed E-state index contributed by atoms with van der Waals surface area (Å²) in [7, 11) is 0.588. The zero-order chi connectivity index (χ0) is 13.3. The first-order valence-electron chi connectivity index (χ1n) is 6.12. The molecule has 0 bridgehead atoms. The van der Waals surface area contributed by atoms with E-state index in [2.05, 4.69) is 6.92 Å². The van der Waals surface area contributed by atoms with Crippen molar-refractivity contribution in [2.24, 2.45) is 0 Å². The Morgan fingerprint density at radius 2 is 1.72 bits per heavy atom. The molecular formula is C13H22O4Si. The molecule has 5 heteroatoms. The van der Waals surface area contributed by atoms with Crippen LogP contribution in [0.25, 0.3) is 0 Å². The van der Waals surface area contributed by atoms with Crippen LogP contribution in [0, 0.1) is 0 Å². The van der Waals surface area contributed by atoms with Crippen LogP contribution in [0.5, 0.6) is 0 Å². The fourth-order valence-electron chi connectivity index (χ4n) is 1.58. The topological polar surface area (TPSA) is 36.9 Å². The lowest BCUT2D eigenvalue weighted by atomic mass is 10.2. The van der Waals surface area contributed by atoms with Gasteiger partial charge in [0.05, 0.1) is 0 Å². The van der Waals surface area contributed by atoms with Gasteiger partial charge in [0.1, 0.15) is 6.79 Å². The maximum absolute atomic E-state index is 5.71. The molecule has 0 fully saturated rings. The van der Waals surface area contributed by atoms with Crippen molar-refractivity contribution < 1.29 is 18.0 Å². The predicted octanol–water partition coefficient (Wildman–Crippen LogP) is 2.40. The molecule has 0 heterocycles. The van der Waals surface area contributed by atoms with E-state index in [1.54, 1.807) is 14.2 Å². The molecule has 0 aliphatic rings. The van der Waals surface area contributed by atoms with Gasteiger partial charge >= 0.3 is 8.80 Å². The highest BCUT2D eigenvalue weighted by Crippen LogP contribution is 2.15. The molecule has 1 rings (SSSR count). The van der Waals surface area contributed by atoms with Gasteiger partial charge in [0.15, 0.2) is 0 Å². The van der Waals surface area contributed by atoms with Gasteiger partial charge in [0.25, 0.3) is 0 Å². The smallest absolute Gasteiger partial charge is 0.377 e. The van der Waals surface area contributed by atoms with Crippen molar-refractivity contribution in [1.29, 1.82) is 0 Å². The Morgan fingerprint density at radius 3 is 2.28 bits per heavy atom. The van der Waals surface area contributed by atoms with E-state index in [1.807, 2.05) is 30.3 Å². The van der Waals surface area contributed by atoms with E-state index in [4.69, 9.17) is 18.0 Å². The zero-order valence-electron chi connectivity index (χ0n) is 11.3. The fourth-order valence-corrected chi connectivity index (χ4v) is 3.37. The minimum Gasteiger partial charge on any atom is -0.377 e. The van der Waals surface area contributed by atoms with E-state index in [1.165, 1.54) is 0 Å². The van der Waals surface area contributed by atoms with Crippen LogP contribution in [0.15, 0.2) is 30.3 Å². The molecule has 1 aromatic rings. The first-order chi connectivity index (χ1) is 8.76. The Kier molecular flexibility index (Phi) is 7.15. The highest BCUT2D eigenvalue weighted by atomic mass is 28.4. The quantitative estimate of drug-likeness (QED) is 0.392. The summed E-state index contributed by atoms with van der Waals surface area (Å²) in [5.74, 6) is 0. The molecule has 0 unspecified atom stereocenters. The Hall–Kier alpha value is -0.723. The van der Waals surface area contributed by atoms with Crippen LogP contribution in [-0.4, -0.2) is 36.4 Å². The van der Waals surface area contributed by atoms with Gasteiger partial charge in [-0.25, -0.2) is 0 Å². The maximum Gasteiger partial charge on any atom is 0.506 e.